The van der Waals surface area contributed by atoms with Crippen molar-refractivity contribution in [2.24, 2.45) is 5.92 Å². The lowest BCUT2D eigenvalue weighted by Crippen LogP contribution is -2.66. The van der Waals surface area contributed by atoms with Gasteiger partial charge in [-0.05, 0) is 31.5 Å². The molecule has 6 rings (SSSR count). The Labute approximate surface area is 194 Å². The van der Waals surface area contributed by atoms with Crippen LogP contribution in [0.5, 0.6) is 0 Å². The van der Waals surface area contributed by atoms with E-state index in [1.54, 1.807) is 17.1 Å². The number of carbonyl (C=O) groups excluding carboxylic acids is 1. The Morgan fingerprint density at radius 3 is 2.71 bits per heavy atom. The van der Waals surface area contributed by atoms with Crippen LogP contribution >= 0.6 is 0 Å². The summed E-state index contributed by atoms with van der Waals surface area (Å²) in [7, 11) is 0. The van der Waals surface area contributed by atoms with Crippen LogP contribution in [0.15, 0.2) is 55.0 Å². The van der Waals surface area contributed by atoms with Gasteiger partial charge in [0.2, 0.25) is 0 Å². The topological polar surface area (TPSA) is 67.2 Å². The summed E-state index contributed by atoms with van der Waals surface area (Å²) >= 11 is 0. The molecule has 9 heteroatoms. The Kier molecular flexibility index (Phi) is 4.79. The molecule has 2 aromatic heterocycles. The predicted molar refractivity (Wildman–Crippen MR) is 123 cm³/mol. The molecule has 0 spiro atoms. The standard InChI is InChI=1S/C25H22F2N6O/c1-15-3-4-22(33-7-2-6-29-33)17(9-15)25(34)32-13-16-5-8-31(14-23(16)32)24-12-28-20-10-18(26)19(27)11-21(20)30-24/h2-4,6-7,9-12,16,23H,5,8,13-14H2,1H3/t16-,23-/m1/s1. The molecule has 2 saturated heterocycles. The fourth-order valence-corrected chi connectivity index (χ4v) is 4.98. The third-order valence-electron chi connectivity index (χ3n) is 6.84. The number of amides is 1. The van der Waals surface area contributed by atoms with Crippen LogP contribution in [-0.2, 0) is 0 Å². The van der Waals surface area contributed by atoms with Crippen LogP contribution < -0.4 is 4.90 Å². The van der Waals surface area contributed by atoms with Gasteiger partial charge in [0.1, 0.15) is 5.82 Å². The van der Waals surface area contributed by atoms with Crippen molar-refractivity contribution in [3.05, 3.63) is 77.8 Å². The number of hydrogen-bond donors (Lipinski definition) is 0. The van der Waals surface area contributed by atoms with Crippen LogP contribution in [0.4, 0.5) is 14.6 Å². The third kappa shape index (κ3) is 3.39. The van der Waals surface area contributed by atoms with E-state index >= 15 is 0 Å². The van der Waals surface area contributed by atoms with Gasteiger partial charge in [-0.1, -0.05) is 11.6 Å². The zero-order valence-corrected chi connectivity index (χ0v) is 18.5. The van der Waals surface area contributed by atoms with Gasteiger partial charge in [-0.3, -0.25) is 9.78 Å². The number of likely N-dealkylation sites (tertiary alicyclic amines) is 1. The molecule has 2 fully saturated rings. The monoisotopic (exact) mass is 460 g/mol. The summed E-state index contributed by atoms with van der Waals surface area (Å²) in [5.74, 6) is -0.870. The normalized spacial score (nSPS) is 19.7. The van der Waals surface area contributed by atoms with E-state index in [9.17, 15) is 13.6 Å². The highest BCUT2D eigenvalue weighted by molar-refractivity contribution is 5.98. The summed E-state index contributed by atoms with van der Waals surface area (Å²) < 4.78 is 28.9. The summed E-state index contributed by atoms with van der Waals surface area (Å²) in [6, 6.07) is 9.82. The van der Waals surface area contributed by atoms with E-state index in [0.29, 0.717) is 34.9 Å². The van der Waals surface area contributed by atoms with E-state index < -0.39 is 11.6 Å². The molecule has 0 radical (unpaired) electrons. The van der Waals surface area contributed by atoms with E-state index in [2.05, 4.69) is 20.0 Å². The zero-order valence-electron chi connectivity index (χ0n) is 18.5. The quantitative estimate of drug-likeness (QED) is 0.466. The minimum atomic E-state index is -0.945. The van der Waals surface area contributed by atoms with Crippen molar-refractivity contribution in [1.82, 2.24) is 24.6 Å². The summed E-state index contributed by atoms with van der Waals surface area (Å²) in [5.41, 5.74) is 3.01. The Morgan fingerprint density at radius 2 is 1.91 bits per heavy atom. The summed E-state index contributed by atoms with van der Waals surface area (Å²) in [5, 5.41) is 4.30. The lowest BCUT2D eigenvalue weighted by Gasteiger charge is -2.53. The second-order valence-corrected chi connectivity index (χ2v) is 8.97. The fraction of sp³-hybridized carbons (Fsp3) is 0.280. The summed E-state index contributed by atoms with van der Waals surface area (Å²) in [6.07, 6.45) is 6.03. The number of anilines is 1. The minimum absolute atomic E-state index is 0.0144. The molecule has 4 heterocycles. The molecule has 34 heavy (non-hydrogen) atoms. The second-order valence-electron chi connectivity index (χ2n) is 8.97. The van der Waals surface area contributed by atoms with Gasteiger partial charge < -0.3 is 9.80 Å². The number of piperidine rings is 1. The van der Waals surface area contributed by atoms with Crippen LogP contribution in [0.1, 0.15) is 22.3 Å². The maximum absolute atomic E-state index is 13.7. The first kappa shape index (κ1) is 20.7. The molecule has 4 aromatic rings. The molecule has 0 bridgehead atoms. The first-order chi connectivity index (χ1) is 16.5. The lowest BCUT2D eigenvalue weighted by atomic mass is 9.81. The molecule has 0 aliphatic carbocycles. The van der Waals surface area contributed by atoms with Crippen molar-refractivity contribution in [1.29, 1.82) is 0 Å². The lowest BCUT2D eigenvalue weighted by molar-refractivity contribution is 0.00779. The first-order valence-electron chi connectivity index (χ1n) is 11.3. The highest BCUT2D eigenvalue weighted by Gasteiger charge is 2.45. The minimum Gasteiger partial charge on any atom is -0.353 e. The molecule has 2 aliphatic heterocycles. The smallest absolute Gasteiger partial charge is 0.256 e. The molecule has 2 aliphatic rings. The SMILES string of the molecule is Cc1ccc(-n2cccn2)c(C(=O)N2C[C@H]3CCN(c4cnc5cc(F)c(F)cc5n4)C[C@H]32)c1. The van der Waals surface area contributed by atoms with Gasteiger partial charge in [0.15, 0.2) is 11.6 Å². The molecular weight excluding hydrogens is 438 g/mol. The summed E-state index contributed by atoms with van der Waals surface area (Å²) in [4.78, 5) is 26.4. The predicted octanol–water partition coefficient (Wildman–Crippen LogP) is 3.75. The first-order valence-corrected chi connectivity index (χ1v) is 11.3. The molecule has 2 aromatic carbocycles. The van der Waals surface area contributed by atoms with Gasteiger partial charge in [-0.15, -0.1) is 0 Å². The molecular formula is C25H22F2N6O. The van der Waals surface area contributed by atoms with Crippen molar-refractivity contribution in [3.63, 3.8) is 0 Å². The van der Waals surface area contributed by atoms with Crippen LogP contribution in [0, 0.1) is 24.5 Å². The van der Waals surface area contributed by atoms with Gasteiger partial charge in [0.25, 0.3) is 5.91 Å². The number of hydrogen-bond acceptors (Lipinski definition) is 5. The van der Waals surface area contributed by atoms with Crippen LogP contribution in [0.3, 0.4) is 0 Å². The molecule has 0 N–H and O–H groups in total. The maximum atomic E-state index is 13.7. The van der Waals surface area contributed by atoms with Gasteiger partial charge >= 0.3 is 0 Å². The Morgan fingerprint density at radius 1 is 1.09 bits per heavy atom. The largest absolute Gasteiger partial charge is 0.353 e. The molecule has 0 unspecified atom stereocenters. The summed E-state index contributed by atoms with van der Waals surface area (Å²) in [6.45, 7) is 4.08. The van der Waals surface area contributed by atoms with E-state index in [0.717, 1.165) is 42.9 Å². The number of benzene rings is 2. The Hall–Kier alpha value is -3.88. The number of aromatic nitrogens is 4. The number of fused-ring (bicyclic) bond motifs is 2. The van der Waals surface area contributed by atoms with Gasteiger partial charge in [-0.2, -0.15) is 5.10 Å². The van der Waals surface area contributed by atoms with E-state index in [1.165, 1.54) is 0 Å². The average Bonchev–Trinajstić information content (AvgIpc) is 3.35. The number of rotatable bonds is 3. The van der Waals surface area contributed by atoms with Gasteiger partial charge in [-0.25, -0.2) is 18.4 Å². The highest BCUT2D eigenvalue weighted by atomic mass is 19.2. The highest BCUT2D eigenvalue weighted by Crippen LogP contribution is 2.36. The molecule has 2 atom stereocenters. The molecule has 7 nitrogen and oxygen atoms in total. The van der Waals surface area contributed by atoms with Gasteiger partial charge in [0, 0.05) is 50.1 Å². The third-order valence-corrected chi connectivity index (χ3v) is 6.84. The van der Waals surface area contributed by atoms with E-state index in [1.807, 2.05) is 42.3 Å². The molecule has 172 valence electrons. The number of aryl methyl sites for hydroxylation is 1. The molecule has 1 amide bonds. The van der Waals surface area contributed by atoms with Crippen molar-refractivity contribution < 1.29 is 13.6 Å². The second kappa shape index (κ2) is 7.86. The molecule has 0 saturated carbocycles. The van der Waals surface area contributed by atoms with Crippen molar-refractivity contribution in [2.45, 2.75) is 19.4 Å². The van der Waals surface area contributed by atoms with E-state index in [-0.39, 0.29) is 11.9 Å². The van der Waals surface area contributed by atoms with Crippen LogP contribution in [-0.4, -0.2) is 56.2 Å². The van der Waals surface area contributed by atoms with Crippen molar-refractivity contribution in [2.75, 3.05) is 24.5 Å². The Balaban J connectivity index is 1.26. The van der Waals surface area contributed by atoms with Crippen LogP contribution in [0.25, 0.3) is 16.7 Å². The number of halogens is 2. The van der Waals surface area contributed by atoms with E-state index in [4.69, 9.17) is 0 Å². The van der Waals surface area contributed by atoms with Crippen molar-refractivity contribution in [3.8, 4) is 5.69 Å². The van der Waals surface area contributed by atoms with Crippen molar-refractivity contribution >= 4 is 22.8 Å². The fourth-order valence-electron chi connectivity index (χ4n) is 4.98. The van der Waals surface area contributed by atoms with Gasteiger partial charge in [0.05, 0.1) is 34.5 Å². The Bertz CT molecular complexity index is 1410. The zero-order chi connectivity index (χ0) is 23.4. The maximum Gasteiger partial charge on any atom is 0.256 e. The number of carbonyl (C=O) groups is 1. The van der Waals surface area contributed by atoms with Crippen LogP contribution in [0.2, 0.25) is 0 Å². The number of nitrogens with zero attached hydrogens (tertiary/aromatic N) is 6. The average molecular weight is 460 g/mol.